The van der Waals surface area contributed by atoms with E-state index in [-0.39, 0.29) is 98.8 Å². The van der Waals surface area contributed by atoms with Crippen LogP contribution in [0.1, 0.15) is 45.0 Å². The molecule has 0 aliphatic carbocycles. The molecule has 139 heavy (non-hydrogen) atoms. The molecule has 21 aromatic rings. The van der Waals surface area contributed by atoms with Crippen molar-refractivity contribution in [3.8, 4) is 147 Å². The van der Waals surface area contributed by atoms with Crippen molar-refractivity contribution in [1.82, 2.24) is 99.7 Å². The van der Waals surface area contributed by atoms with E-state index in [2.05, 4.69) is 198 Å². The van der Waals surface area contributed by atoms with E-state index >= 15 is 0 Å². The van der Waals surface area contributed by atoms with Gasteiger partial charge in [0.15, 0.2) is 0 Å². The summed E-state index contributed by atoms with van der Waals surface area (Å²) in [5.41, 5.74) is 34.6. The standard InChI is InChI=1S/C52H42N4Si.2C32H16N8.2Eu/c1-33-7-15-37(16-8-33)49-41-23-25-43(53-41)50(38-17-9-34(2)10-18-38)45-27-29-47(55-45)52(40-21-13-36(14-22-40)31-32-57(4,5)6)48-30-28-46(56-48)51(44-26-24-42(49)54-44)39-19-11-35(3)12-20-39;2*1-2-10-18-17(9-1)25-33-26(18)38-28-21-13-5-6-14-22(21)30(35-28)40-32-24-16-8-7-15-23(24)31(36-32)39-29-20-12-4-3-11-19(20)27(34-29)37-25;;/h7-30H,1-6H3;2*1-16H;;/q3*-2;2*+3. The summed E-state index contributed by atoms with van der Waals surface area (Å²) in [5, 5.41) is 7.15. The molecule has 9 aromatic heterocycles. The molecular formula is C116H74Eu2N20Si. The Morgan fingerprint density at radius 2 is 0.388 bits per heavy atom. The van der Waals surface area contributed by atoms with E-state index in [1.54, 1.807) is 0 Å². The summed E-state index contributed by atoms with van der Waals surface area (Å²) in [6, 6.07) is 107. The molecule has 0 spiro atoms. The fourth-order valence-electron chi connectivity index (χ4n) is 18.3. The molecule has 15 heterocycles. The predicted octanol–water partition coefficient (Wildman–Crippen LogP) is 25.0. The van der Waals surface area contributed by atoms with Gasteiger partial charge in [0.05, 0.1) is 69.4 Å². The maximum atomic E-state index is 5.42. The summed E-state index contributed by atoms with van der Waals surface area (Å²) in [5.74, 6) is 7.83. The first kappa shape index (κ1) is 87.9. The molecule has 23 heteroatoms. The summed E-state index contributed by atoms with van der Waals surface area (Å²) in [6.45, 7) is 13.1. The van der Waals surface area contributed by atoms with Crippen molar-refractivity contribution >= 4 is 143 Å². The molecule has 24 bridgehead atoms. The largest absolute Gasteiger partial charge is 3.00 e. The molecule has 0 unspecified atom stereocenters. The quantitative estimate of drug-likeness (QED) is 0.117. The third-order valence-electron chi connectivity index (χ3n) is 25.0. The van der Waals surface area contributed by atoms with Crippen LogP contribution in [-0.4, -0.2) is 77.8 Å². The van der Waals surface area contributed by atoms with Crippen molar-refractivity contribution in [2.24, 2.45) is 0 Å². The molecule has 0 radical (unpaired) electrons. The van der Waals surface area contributed by atoms with E-state index in [9.17, 15) is 0 Å². The molecule has 27 rings (SSSR count). The minimum atomic E-state index is -1.53. The fourth-order valence-corrected chi connectivity index (χ4v) is 18.8. The summed E-state index contributed by atoms with van der Waals surface area (Å²) < 4.78 is 0. The Morgan fingerprint density at radius 1 is 0.201 bits per heavy atom. The monoisotopic (exact) mass is 2080 g/mol. The molecule has 20 nitrogen and oxygen atoms in total. The van der Waals surface area contributed by atoms with E-state index in [1.165, 1.54) is 16.7 Å². The fraction of sp³-hybridized carbons (Fsp3) is 0.0517. The Hall–Kier alpha value is -15.1. The Balaban J connectivity index is 0.000000118. The van der Waals surface area contributed by atoms with Gasteiger partial charge in [-0.05, 0) is 145 Å². The zero-order valence-electron chi connectivity index (χ0n) is 75.5. The molecule has 0 atom stereocenters. The van der Waals surface area contributed by atoms with Crippen LogP contribution in [0.25, 0.3) is 270 Å². The van der Waals surface area contributed by atoms with Crippen LogP contribution in [-0.2, 0) is 0 Å². The number of rotatable bonds is 4. The van der Waals surface area contributed by atoms with Crippen molar-refractivity contribution in [3.05, 3.63) is 360 Å². The number of benzene rings is 12. The molecule has 0 fully saturated rings. The van der Waals surface area contributed by atoms with E-state index < -0.39 is 8.07 Å². The van der Waals surface area contributed by atoms with Gasteiger partial charge in [0.25, 0.3) is 0 Å². The molecule has 0 N–H and O–H groups in total. The second-order valence-electron chi connectivity index (χ2n) is 35.4. The third kappa shape index (κ3) is 16.4. The first-order valence-corrected chi connectivity index (χ1v) is 48.7. The molecule has 656 valence electrons. The summed E-state index contributed by atoms with van der Waals surface area (Å²) >= 11 is 0. The van der Waals surface area contributed by atoms with Gasteiger partial charge in [-0.15, -0.1) is 27.6 Å². The minimum Gasteiger partial charge on any atom is -0.657 e. The van der Waals surface area contributed by atoms with E-state index in [0.717, 1.165) is 183 Å². The Kier molecular flexibility index (Phi) is 22.8. The second-order valence-corrected chi connectivity index (χ2v) is 40.1. The topological polar surface area (TPSA) is 265 Å². The molecular weight excluding hydrogens is 2010 g/mol. The molecule has 6 aliphatic rings. The average Bonchev–Trinajstić information content (AvgIpc) is 1.65. The number of hydrogen-bond acceptors (Lipinski definition) is 14. The van der Waals surface area contributed by atoms with Gasteiger partial charge in [0, 0.05) is 95.2 Å². The van der Waals surface area contributed by atoms with Crippen LogP contribution in [0.3, 0.4) is 0 Å². The van der Waals surface area contributed by atoms with Crippen LogP contribution in [0.15, 0.2) is 315 Å². The van der Waals surface area contributed by atoms with Gasteiger partial charge in [-0.3, -0.25) is 0 Å². The number of aromatic nitrogens is 20. The van der Waals surface area contributed by atoms with E-state index in [1.807, 2.05) is 194 Å². The molecule has 0 saturated heterocycles. The zero-order valence-corrected chi connectivity index (χ0v) is 81.4. The van der Waals surface area contributed by atoms with Crippen molar-refractivity contribution < 1.29 is 98.8 Å². The SMILES string of the molecule is Cc1ccc(-c2c3nc(c(-c4ccc(C)cc4)c4ccc([n-]4)c(-c4ccc(C#C[Si](C)(C)C)cc4)c4nc(c(-c5ccc(C)cc5)c5ccc2[n-]5)C=C4)C=C3)cc1.[Eu+3].[Eu+3].c1ccc2c(c1)-c1nc-2nc2[n-]c(nc3nc(nc4[n-]c(n1)c1ccccc41)-c1ccccc1-3)c1ccccc21.c1ccc2c(c1)-c1nc-2nc2[n-]c(nc3nc(nc4[n-]c(n1)c1ccccc41)-c1ccccc1-3)c1ccccc21. The number of fused-ring (bicyclic) bond motifs is 48. The van der Waals surface area contributed by atoms with E-state index in [0.29, 0.717) is 91.8 Å². The first-order chi connectivity index (χ1) is 67.2. The maximum absolute atomic E-state index is 5.42. The maximum Gasteiger partial charge on any atom is 3.00 e. The smallest absolute Gasteiger partial charge is 0.657 e. The third-order valence-corrected chi connectivity index (χ3v) is 25.9. The van der Waals surface area contributed by atoms with Gasteiger partial charge in [-0.2, -0.15) is 0 Å². The van der Waals surface area contributed by atoms with Gasteiger partial charge in [-0.1, -0.05) is 346 Å². The van der Waals surface area contributed by atoms with Crippen molar-refractivity contribution in [3.63, 3.8) is 0 Å². The zero-order chi connectivity index (χ0) is 91.7. The van der Waals surface area contributed by atoms with Gasteiger partial charge >= 0.3 is 98.8 Å². The van der Waals surface area contributed by atoms with Gasteiger partial charge in [0.1, 0.15) is 8.07 Å². The van der Waals surface area contributed by atoms with Crippen molar-refractivity contribution in [2.45, 2.75) is 40.4 Å². The van der Waals surface area contributed by atoms with Crippen LogP contribution < -0.4 is 29.9 Å². The van der Waals surface area contributed by atoms with Gasteiger partial charge < -0.3 is 69.8 Å². The van der Waals surface area contributed by atoms with E-state index in [4.69, 9.17) is 99.7 Å². The normalized spacial score (nSPS) is 11.9. The average molecular weight is 2080 g/mol. The first-order valence-electron chi connectivity index (χ1n) is 45.2. The van der Waals surface area contributed by atoms with Crippen molar-refractivity contribution in [2.75, 3.05) is 0 Å². The predicted molar refractivity (Wildman–Crippen MR) is 551 cm³/mol. The summed E-state index contributed by atoms with van der Waals surface area (Å²) in [4.78, 5) is 100. The van der Waals surface area contributed by atoms with Crippen LogP contribution in [0, 0.1) is 131 Å². The molecule has 6 aliphatic heterocycles. The Labute approximate surface area is 879 Å². The minimum absolute atomic E-state index is 0. The van der Waals surface area contributed by atoms with Gasteiger partial charge in [-0.25, -0.2) is 29.9 Å². The number of nitrogens with zero attached hydrogens (tertiary/aromatic N) is 20. The number of aryl methyl sites for hydroxylation is 3. The molecule has 0 saturated carbocycles. The molecule has 12 aromatic carbocycles. The molecule has 0 amide bonds. The van der Waals surface area contributed by atoms with Crippen LogP contribution in [0.2, 0.25) is 19.6 Å². The Bertz CT molecular complexity index is 8380. The van der Waals surface area contributed by atoms with Crippen LogP contribution in [0.5, 0.6) is 0 Å². The Morgan fingerprint density at radius 3 is 0.583 bits per heavy atom. The van der Waals surface area contributed by atoms with Gasteiger partial charge in [0.2, 0.25) is 0 Å². The summed E-state index contributed by atoms with van der Waals surface area (Å²) in [6.07, 6.45) is 8.48. The summed E-state index contributed by atoms with van der Waals surface area (Å²) in [7, 11) is -1.53. The number of hydrogen-bond donors (Lipinski definition) is 0. The van der Waals surface area contributed by atoms with Crippen LogP contribution >= 0.6 is 0 Å². The van der Waals surface area contributed by atoms with Crippen molar-refractivity contribution in [1.29, 1.82) is 0 Å². The van der Waals surface area contributed by atoms with Crippen LogP contribution in [0.4, 0.5) is 0 Å². The second kappa shape index (κ2) is 36.1.